The van der Waals surface area contributed by atoms with Crippen LogP contribution in [0.1, 0.15) is 19.0 Å². The van der Waals surface area contributed by atoms with E-state index in [1.54, 1.807) is 4.31 Å². The van der Waals surface area contributed by atoms with Crippen LogP contribution in [0, 0.1) is 5.92 Å². The van der Waals surface area contributed by atoms with Crippen molar-refractivity contribution in [3.8, 4) is 0 Å². The molecule has 1 aromatic heterocycles. The molecule has 2 aromatic rings. The largest absolute Gasteiger partial charge is 0.308 e. The maximum absolute atomic E-state index is 11.6. The number of benzene rings is 1. The molecule has 0 radical (unpaired) electrons. The Morgan fingerprint density at radius 2 is 2.04 bits per heavy atom. The first kappa shape index (κ1) is 16.4. The van der Waals surface area contributed by atoms with Crippen LogP contribution < -0.4 is 5.32 Å². The highest BCUT2D eigenvalue weighted by molar-refractivity contribution is 7.88. The van der Waals surface area contributed by atoms with Crippen LogP contribution in [0.2, 0.25) is 0 Å². The van der Waals surface area contributed by atoms with E-state index in [9.17, 15) is 8.42 Å². The van der Waals surface area contributed by atoms with Crippen molar-refractivity contribution in [3.63, 3.8) is 0 Å². The Bertz CT molecular complexity index is 791. The lowest BCUT2D eigenvalue weighted by Crippen LogP contribution is -2.49. The zero-order chi connectivity index (χ0) is 16.4. The molecule has 1 N–H and O–H groups in total. The number of nitrogens with zero attached hydrogens (tertiary/aromatic N) is 2. The van der Waals surface area contributed by atoms with Crippen LogP contribution in [0.25, 0.3) is 10.9 Å². The minimum Gasteiger partial charge on any atom is -0.308 e. The number of sulfonamides is 1. The molecule has 1 fully saturated rings. The molecule has 6 heteroatoms. The van der Waals surface area contributed by atoms with Crippen LogP contribution in [0.3, 0.4) is 0 Å². The SMILES string of the molecule is CC1CN(S(C)(=O)=O)CCC1NCc1ccc2ccccc2n1. The fraction of sp³-hybridized carbons (Fsp3) is 0.471. The lowest BCUT2D eigenvalue weighted by Gasteiger charge is -2.36. The van der Waals surface area contributed by atoms with Crippen molar-refractivity contribution < 1.29 is 8.42 Å². The van der Waals surface area contributed by atoms with E-state index < -0.39 is 10.0 Å². The van der Waals surface area contributed by atoms with Gasteiger partial charge in [-0.25, -0.2) is 12.7 Å². The highest BCUT2D eigenvalue weighted by Crippen LogP contribution is 2.19. The van der Waals surface area contributed by atoms with Crippen LogP contribution in [0.5, 0.6) is 0 Å². The molecule has 0 amide bonds. The first-order valence-electron chi connectivity index (χ1n) is 7.96. The second-order valence-electron chi connectivity index (χ2n) is 6.37. The average molecular weight is 333 g/mol. The third kappa shape index (κ3) is 3.88. The number of hydrogen-bond acceptors (Lipinski definition) is 4. The number of nitrogens with one attached hydrogen (secondary N) is 1. The molecule has 1 aromatic carbocycles. The summed E-state index contributed by atoms with van der Waals surface area (Å²) in [4.78, 5) is 4.67. The molecule has 0 aliphatic carbocycles. The van der Waals surface area contributed by atoms with Crippen molar-refractivity contribution in [3.05, 3.63) is 42.1 Å². The maximum Gasteiger partial charge on any atom is 0.211 e. The van der Waals surface area contributed by atoms with Gasteiger partial charge in [-0.15, -0.1) is 0 Å². The van der Waals surface area contributed by atoms with Crippen molar-refractivity contribution in [2.24, 2.45) is 5.92 Å². The van der Waals surface area contributed by atoms with Gasteiger partial charge in [-0.05, 0) is 24.5 Å². The predicted molar refractivity (Wildman–Crippen MR) is 92.6 cm³/mol. The highest BCUT2D eigenvalue weighted by atomic mass is 32.2. The van der Waals surface area contributed by atoms with E-state index in [1.807, 2.05) is 24.3 Å². The van der Waals surface area contributed by atoms with E-state index in [0.29, 0.717) is 31.6 Å². The fourth-order valence-corrected chi connectivity index (χ4v) is 4.10. The summed E-state index contributed by atoms with van der Waals surface area (Å²) >= 11 is 0. The Morgan fingerprint density at radius 3 is 2.78 bits per heavy atom. The lowest BCUT2D eigenvalue weighted by molar-refractivity contribution is 0.219. The fourth-order valence-electron chi connectivity index (χ4n) is 3.15. The first-order chi connectivity index (χ1) is 10.9. The van der Waals surface area contributed by atoms with Crippen LogP contribution in [0.4, 0.5) is 0 Å². The quantitative estimate of drug-likeness (QED) is 0.929. The lowest BCUT2D eigenvalue weighted by atomic mass is 9.95. The summed E-state index contributed by atoms with van der Waals surface area (Å²) < 4.78 is 24.8. The molecule has 23 heavy (non-hydrogen) atoms. The number of aromatic nitrogens is 1. The van der Waals surface area contributed by atoms with Gasteiger partial charge in [0.25, 0.3) is 0 Å². The molecule has 2 unspecified atom stereocenters. The average Bonchev–Trinajstić information content (AvgIpc) is 2.52. The molecule has 0 spiro atoms. The zero-order valence-electron chi connectivity index (χ0n) is 13.6. The Balaban J connectivity index is 1.61. The predicted octanol–water partition coefficient (Wildman–Crippen LogP) is 1.99. The van der Waals surface area contributed by atoms with E-state index in [4.69, 9.17) is 0 Å². The number of piperidine rings is 1. The number of pyridine rings is 1. The van der Waals surface area contributed by atoms with Crippen LogP contribution in [-0.4, -0.2) is 43.1 Å². The molecular formula is C17H23N3O2S. The molecule has 0 bridgehead atoms. The van der Waals surface area contributed by atoms with Gasteiger partial charge in [0.2, 0.25) is 10.0 Å². The minimum atomic E-state index is -3.08. The summed E-state index contributed by atoms with van der Waals surface area (Å²) in [5.74, 6) is 0.291. The van der Waals surface area contributed by atoms with Gasteiger partial charge < -0.3 is 5.32 Å². The zero-order valence-corrected chi connectivity index (χ0v) is 14.4. The summed E-state index contributed by atoms with van der Waals surface area (Å²) in [5, 5.41) is 4.68. The normalized spacial score (nSPS) is 23.2. The van der Waals surface area contributed by atoms with Gasteiger partial charge in [-0.1, -0.05) is 31.2 Å². The topological polar surface area (TPSA) is 62.3 Å². The van der Waals surface area contributed by atoms with Gasteiger partial charge in [-0.2, -0.15) is 0 Å². The van der Waals surface area contributed by atoms with Crippen molar-refractivity contribution in [1.82, 2.24) is 14.6 Å². The van der Waals surface area contributed by atoms with E-state index >= 15 is 0 Å². The van der Waals surface area contributed by atoms with Crippen LogP contribution in [0.15, 0.2) is 36.4 Å². The number of para-hydroxylation sites is 1. The van der Waals surface area contributed by atoms with Crippen molar-refractivity contribution in [2.45, 2.75) is 25.9 Å². The molecule has 3 rings (SSSR count). The first-order valence-corrected chi connectivity index (χ1v) is 9.81. The standard InChI is InChI=1S/C17H23N3O2S/c1-13-12-20(23(2,21)22)10-9-16(13)18-11-15-8-7-14-5-3-4-6-17(14)19-15/h3-8,13,16,18H,9-12H2,1-2H3. The van der Waals surface area contributed by atoms with Crippen LogP contribution >= 0.6 is 0 Å². The molecule has 2 atom stereocenters. The van der Waals surface area contributed by atoms with Crippen molar-refractivity contribution >= 4 is 20.9 Å². The van der Waals surface area contributed by atoms with Gasteiger partial charge in [0, 0.05) is 31.1 Å². The summed E-state index contributed by atoms with van der Waals surface area (Å²) in [5.41, 5.74) is 2.02. The molecular weight excluding hydrogens is 310 g/mol. The van der Waals surface area contributed by atoms with E-state index in [2.05, 4.69) is 29.4 Å². The molecule has 0 saturated carbocycles. The van der Waals surface area contributed by atoms with Gasteiger partial charge in [-0.3, -0.25) is 4.98 Å². The molecule has 5 nitrogen and oxygen atoms in total. The second kappa shape index (κ2) is 6.55. The molecule has 2 heterocycles. The van der Waals surface area contributed by atoms with Gasteiger partial charge in [0.05, 0.1) is 17.5 Å². The smallest absolute Gasteiger partial charge is 0.211 e. The Kier molecular flexibility index (Phi) is 4.66. The van der Waals surface area contributed by atoms with Crippen molar-refractivity contribution in [1.29, 1.82) is 0 Å². The monoisotopic (exact) mass is 333 g/mol. The van der Waals surface area contributed by atoms with Crippen molar-refractivity contribution in [2.75, 3.05) is 19.3 Å². The Hall–Kier alpha value is -1.50. The summed E-state index contributed by atoms with van der Waals surface area (Å²) in [6, 6.07) is 12.5. The third-order valence-corrected chi connectivity index (χ3v) is 5.81. The van der Waals surface area contributed by atoms with Gasteiger partial charge >= 0.3 is 0 Å². The van der Waals surface area contributed by atoms with Crippen LogP contribution in [-0.2, 0) is 16.6 Å². The summed E-state index contributed by atoms with van der Waals surface area (Å²) in [7, 11) is -3.08. The Morgan fingerprint density at radius 1 is 1.26 bits per heavy atom. The summed E-state index contributed by atoms with van der Waals surface area (Å²) in [6.45, 7) is 3.98. The molecule has 124 valence electrons. The number of fused-ring (bicyclic) bond motifs is 1. The molecule has 1 aliphatic rings. The number of rotatable bonds is 4. The highest BCUT2D eigenvalue weighted by Gasteiger charge is 2.30. The maximum atomic E-state index is 11.6. The Labute approximate surface area is 137 Å². The van der Waals surface area contributed by atoms with E-state index in [-0.39, 0.29) is 0 Å². The third-order valence-electron chi connectivity index (χ3n) is 4.54. The van der Waals surface area contributed by atoms with Gasteiger partial charge in [0.15, 0.2) is 0 Å². The van der Waals surface area contributed by atoms with Gasteiger partial charge in [0.1, 0.15) is 0 Å². The molecule has 1 saturated heterocycles. The molecule has 1 aliphatic heterocycles. The summed E-state index contributed by atoms with van der Waals surface area (Å²) in [6.07, 6.45) is 2.12. The van der Waals surface area contributed by atoms with E-state index in [1.165, 1.54) is 6.26 Å². The van der Waals surface area contributed by atoms with E-state index in [0.717, 1.165) is 23.0 Å². The second-order valence-corrected chi connectivity index (χ2v) is 8.35. The number of hydrogen-bond donors (Lipinski definition) is 1. The minimum absolute atomic E-state index is 0.291.